The van der Waals surface area contributed by atoms with Gasteiger partial charge in [0.05, 0.1) is 6.04 Å². The van der Waals surface area contributed by atoms with Gasteiger partial charge in [-0.05, 0) is 18.6 Å². The van der Waals surface area contributed by atoms with Gasteiger partial charge in [-0.25, -0.2) is 0 Å². The largest absolute Gasteiger partial charge is 0.464 e. The van der Waals surface area contributed by atoms with Gasteiger partial charge in [-0.3, -0.25) is 4.90 Å². The van der Waals surface area contributed by atoms with Crippen LogP contribution in [0.5, 0.6) is 0 Å². The molecule has 0 radical (unpaired) electrons. The standard InChI is InChI=1S/C14H24N2O/c1-3-5-13(16-10-8-15-9-11-16)14-7-6-12(4-2)17-14/h6-7,13,15H,3-5,8-11H2,1-2H3/t13-/m0/s1. The van der Waals surface area contributed by atoms with Gasteiger partial charge in [0, 0.05) is 32.6 Å². The molecule has 1 N–H and O–H groups in total. The van der Waals surface area contributed by atoms with Crippen molar-refractivity contribution in [3.05, 3.63) is 23.7 Å². The molecule has 17 heavy (non-hydrogen) atoms. The first-order valence-electron chi connectivity index (χ1n) is 6.88. The molecule has 2 heterocycles. The van der Waals surface area contributed by atoms with Crippen LogP contribution in [0.15, 0.2) is 16.5 Å². The molecule has 1 aliphatic rings. The molecule has 1 saturated heterocycles. The Morgan fingerprint density at radius 3 is 2.65 bits per heavy atom. The molecule has 0 saturated carbocycles. The third-order valence-electron chi connectivity index (χ3n) is 3.51. The summed E-state index contributed by atoms with van der Waals surface area (Å²) in [6.45, 7) is 8.85. The van der Waals surface area contributed by atoms with Gasteiger partial charge in [-0.2, -0.15) is 0 Å². The summed E-state index contributed by atoms with van der Waals surface area (Å²) in [6, 6.07) is 4.77. The Balaban J connectivity index is 2.09. The zero-order chi connectivity index (χ0) is 12.1. The molecule has 0 unspecified atom stereocenters. The maximum atomic E-state index is 5.94. The first-order valence-corrected chi connectivity index (χ1v) is 6.88. The number of piperazine rings is 1. The summed E-state index contributed by atoms with van der Waals surface area (Å²) in [5, 5.41) is 3.41. The van der Waals surface area contributed by atoms with Crippen LogP contribution in [0.4, 0.5) is 0 Å². The third-order valence-corrected chi connectivity index (χ3v) is 3.51. The molecule has 3 heteroatoms. The van der Waals surface area contributed by atoms with Crippen LogP contribution >= 0.6 is 0 Å². The second-order valence-electron chi connectivity index (χ2n) is 4.75. The van der Waals surface area contributed by atoms with Crippen molar-refractivity contribution in [2.45, 2.75) is 39.2 Å². The van der Waals surface area contributed by atoms with Crippen molar-refractivity contribution >= 4 is 0 Å². The van der Waals surface area contributed by atoms with Crippen LogP contribution in [0.25, 0.3) is 0 Å². The van der Waals surface area contributed by atoms with Gasteiger partial charge in [-0.15, -0.1) is 0 Å². The topological polar surface area (TPSA) is 28.4 Å². The molecule has 0 aliphatic carbocycles. The Morgan fingerprint density at radius 1 is 1.29 bits per heavy atom. The highest BCUT2D eigenvalue weighted by atomic mass is 16.3. The minimum Gasteiger partial charge on any atom is -0.464 e. The Kier molecular flexibility index (Phi) is 4.63. The minimum atomic E-state index is 0.474. The first kappa shape index (κ1) is 12.7. The van der Waals surface area contributed by atoms with Crippen LogP contribution in [0.1, 0.15) is 44.3 Å². The lowest BCUT2D eigenvalue weighted by molar-refractivity contribution is 0.144. The number of aryl methyl sites for hydroxylation is 1. The van der Waals surface area contributed by atoms with Gasteiger partial charge in [0.15, 0.2) is 0 Å². The summed E-state index contributed by atoms with van der Waals surface area (Å²) in [6.07, 6.45) is 3.38. The molecule has 0 aromatic carbocycles. The molecular formula is C14H24N2O. The molecular weight excluding hydrogens is 212 g/mol. The number of nitrogens with one attached hydrogen (secondary N) is 1. The smallest absolute Gasteiger partial charge is 0.121 e. The highest BCUT2D eigenvalue weighted by Crippen LogP contribution is 2.27. The van der Waals surface area contributed by atoms with E-state index in [1.165, 1.54) is 12.8 Å². The molecule has 1 atom stereocenters. The molecule has 3 nitrogen and oxygen atoms in total. The highest BCUT2D eigenvalue weighted by Gasteiger charge is 2.23. The van der Waals surface area contributed by atoms with E-state index in [0.717, 1.165) is 44.1 Å². The SMILES string of the molecule is CCC[C@@H](c1ccc(CC)o1)N1CCNCC1. The predicted octanol–water partition coefficient (Wildman–Crippen LogP) is 2.59. The van der Waals surface area contributed by atoms with E-state index in [1.807, 2.05) is 0 Å². The van der Waals surface area contributed by atoms with Gasteiger partial charge in [-0.1, -0.05) is 20.3 Å². The lowest BCUT2D eigenvalue weighted by Gasteiger charge is -2.33. The van der Waals surface area contributed by atoms with Crippen LogP contribution in [-0.4, -0.2) is 31.1 Å². The lowest BCUT2D eigenvalue weighted by atomic mass is 10.1. The third kappa shape index (κ3) is 3.11. The summed E-state index contributed by atoms with van der Waals surface area (Å²) in [4.78, 5) is 2.55. The van der Waals surface area contributed by atoms with Gasteiger partial charge >= 0.3 is 0 Å². The fraction of sp³-hybridized carbons (Fsp3) is 0.714. The molecule has 1 aromatic heterocycles. The predicted molar refractivity (Wildman–Crippen MR) is 70.2 cm³/mol. The zero-order valence-corrected chi connectivity index (χ0v) is 11.0. The Morgan fingerprint density at radius 2 is 2.06 bits per heavy atom. The molecule has 2 rings (SSSR count). The zero-order valence-electron chi connectivity index (χ0n) is 11.0. The van der Waals surface area contributed by atoms with E-state index in [-0.39, 0.29) is 0 Å². The van der Waals surface area contributed by atoms with Gasteiger partial charge < -0.3 is 9.73 Å². The molecule has 1 aliphatic heterocycles. The molecule has 1 fully saturated rings. The lowest BCUT2D eigenvalue weighted by Crippen LogP contribution is -2.45. The number of nitrogens with zero attached hydrogens (tertiary/aromatic N) is 1. The van der Waals surface area contributed by atoms with Gasteiger partial charge in [0.1, 0.15) is 11.5 Å². The van der Waals surface area contributed by atoms with E-state index < -0.39 is 0 Å². The molecule has 0 amide bonds. The fourth-order valence-electron chi connectivity index (χ4n) is 2.54. The normalized spacial score (nSPS) is 19.4. The second kappa shape index (κ2) is 6.22. The van der Waals surface area contributed by atoms with Crippen LogP contribution in [-0.2, 0) is 6.42 Å². The maximum Gasteiger partial charge on any atom is 0.121 e. The second-order valence-corrected chi connectivity index (χ2v) is 4.75. The number of furan rings is 1. The van der Waals surface area contributed by atoms with Crippen LogP contribution in [0.2, 0.25) is 0 Å². The van der Waals surface area contributed by atoms with Crippen molar-refractivity contribution in [2.24, 2.45) is 0 Å². The Labute approximate surface area is 104 Å². The quantitative estimate of drug-likeness (QED) is 0.852. The number of hydrogen-bond acceptors (Lipinski definition) is 3. The van der Waals surface area contributed by atoms with E-state index >= 15 is 0 Å². The average Bonchev–Trinajstić information content (AvgIpc) is 2.85. The fourth-order valence-corrected chi connectivity index (χ4v) is 2.54. The maximum absolute atomic E-state index is 5.94. The highest BCUT2D eigenvalue weighted by molar-refractivity contribution is 5.11. The first-order chi connectivity index (χ1) is 8.35. The summed E-state index contributed by atoms with van der Waals surface area (Å²) in [5.41, 5.74) is 0. The van der Waals surface area contributed by atoms with Crippen LogP contribution in [0.3, 0.4) is 0 Å². The molecule has 0 spiro atoms. The summed E-state index contributed by atoms with van der Waals surface area (Å²) < 4.78 is 5.94. The Hall–Kier alpha value is -0.800. The van der Waals surface area contributed by atoms with E-state index in [1.54, 1.807) is 0 Å². The van der Waals surface area contributed by atoms with Crippen molar-refractivity contribution in [1.29, 1.82) is 0 Å². The number of rotatable bonds is 5. The van der Waals surface area contributed by atoms with E-state index in [9.17, 15) is 0 Å². The van der Waals surface area contributed by atoms with Gasteiger partial charge in [0.2, 0.25) is 0 Å². The van der Waals surface area contributed by atoms with E-state index in [2.05, 4.69) is 36.2 Å². The average molecular weight is 236 g/mol. The summed E-state index contributed by atoms with van der Waals surface area (Å²) in [7, 11) is 0. The molecule has 0 bridgehead atoms. The van der Waals surface area contributed by atoms with Crippen molar-refractivity contribution in [3.8, 4) is 0 Å². The molecule has 1 aromatic rings. The van der Waals surface area contributed by atoms with Gasteiger partial charge in [0.25, 0.3) is 0 Å². The van der Waals surface area contributed by atoms with Crippen molar-refractivity contribution in [2.75, 3.05) is 26.2 Å². The minimum absolute atomic E-state index is 0.474. The number of hydrogen-bond donors (Lipinski definition) is 1. The monoisotopic (exact) mass is 236 g/mol. The van der Waals surface area contributed by atoms with E-state index in [4.69, 9.17) is 4.42 Å². The molecule has 96 valence electrons. The Bertz CT molecular complexity index is 329. The van der Waals surface area contributed by atoms with Crippen molar-refractivity contribution < 1.29 is 4.42 Å². The van der Waals surface area contributed by atoms with Crippen molar-refractivity contribution in [1.82, 2.24) is 10.2 Å². The van der Waals surface area contributed by atoms with Crippen molar-refractivity contribution in [3.63, 3.8) is 0 Å². The van der Waals surface area contributed by atoms with Crippen LogP contribution in [0, 0.1) is 0 Å². The summed E-state index contributed by atoms with van der Waals surface area (Å²) >= 11 is 0. The summed E-state index contributed by atoms with van der Waals surface area (Å²) in [5.74, 6) is 2.27. The van der Waals surface area contributed by atoms with E-state index in [0.29, 0.717) is 6.04 Å². The van der Waals surface area contributed by atoms with Crippen LogP contribution < -0.4 is 5.32 Å².